The number of nitrogens with zero attached hydrogens (tertiary/aromatic N) is 4. The molecular weight excluding hydrogens is 248 g/mol. The average molecular weight is 278 g/mol. The van der Waals surface area contributed by atoms with E-state index in [1.54, 1.807) is 0 Å². The van der Waals surface area contributed by atoms with E-state index in [-0.39, 0.29) is 0 Å². The number of hydrogen-bond donors (Lipinski definition) is 0. The maximum Gasteiger partial charge on any atom is 0.0261 e. The second-order valence-electron chi connectivity index (χ2n) is 7.71. The van der Waals surface area contributed by atoms with Crippen molar-refractivity contribution in [1.29, 1.82) is 0 Å². The van der Waals surface area contributed by atoms with E-state index in [9.17, 15) is 0 Å². The number of hydrogen-bond acceptors (Lipinski definition) is 4. The molecular formula is C16H30N4. The molecule has 4 heterocycles. The van der Waals surface area contributed by atoms with Crippen LogP contribution in [0.5, 0.6) is 0 Å². The first-order valence-electron chi connectivity index (χ1n) is 8.56. The summed E-state index contributed by atoms with van der Waals surface area (Å²) in [6, 6.07) is 1.72. The molecule has 4 heteroatoms. The second-order valence-corrected chi connectivity index (χ2v) is 7.71. The van der Waals surface area contributed by atoms with Crippen LogP contribution >= 0.6 is 0 Å². The summed E-state index contributed by atoms with van der Waals surface area (Å²) in [7, 11) is 4.62. The highest BCUT2D eigenvalue weighted by Gasteiger charge is 2.41. The molecule has 4 aliphatic heterocycles. The Balaban J connectivity index is 1.24. The average Bonchev–Trinajstić information content (AvgIpc) is 3.14. The van der Waals surface area contributed by atoms with E-state index in [2.05, 4.69) is 33.7 Å². The highest BCUT2D eigenvalue weighted by Crippen LogP contribution is 2.31. The van der Waals surface area contributed by atoms with Gasteiger partial charge in [-0.05, 0) is 51.9 Å². The van der Waals surface area contributed by atoms with Crippen LogP contribution in [0.25, 0.3) is 0 Å². The van der Waals surface area contributed by atoms with E-state index in [1.165, 1.54) is 65.2 Å². The van der Waals surface area contributed by atoms with Gasteiger partial charge in [-0.2, -0.15) is 0 Å². The van der Waals surface area contributed by atoms with E-state index in [4.69, 9.17) is 0 Å². The first kappa shape index (κ1) is 13.5. The van der Waals surface area contributed by atoms with Gasteiger partial charge in [-0.1, -0.05) is 0 Å². The largest absolute Gasteiger partial charge is 0.302 e. The van der Waals surface area contributed by atoms with Gasteiger partial charge >= 0.3 is 0 Å². The van der Waals surface area contributed by atoms with E-state index < -0.39 is 0 Å². The highest BCUT2D eigenvalue weighted by atomic mass is 15.3. The van der Waals surface area contributed by atoms with Crippen LogP contribution in [-0.4, -0.2) is 98.1 Å². The fourth-order valence-corrected chi connectivity index (χ4v) is 5.17. The van der Waals surface area contributed by atoms with Crippen molar-refractivity contribution in [3.63, 3.8) is 0 Å². The molecule has 20 heavy (non-hydrogen) atoms. The first-order valence-corrected chi connectivity index (χ1v) is 8.56. The lowest BCUT2D eigenvalue weighted by atomic mass is 10.1. The Morgan fingerprint density at radius 1 is 0.700 bits per heavy atom. The van der Waals surface area contributed by atoms with Crippen LogP contribution in [0.1, 0.15) is 12.8 Å². The summed E-state index contributed by atoms with van der Waals surface area (Å²) in [6.45, 7) is 10.6. The highest BCUT2D eigenvalue weighted by molar-refractivity contribution is 4.97. The molecule has 0 unspecified atom stereocenters. The summed E-state index contributed by atoms with van der Waals surface area (Å²) >= 11 is 0. The van der Waals surface area contributed by atoms with Gasteiger partial charge in [0, 0.05) is 51.4 Å². The zero-order valence-corrected chi connectivity index (χ0v) is 13.2. The Kier molecular flexibility index (Phi) is 3.53. The van der Waals surface area contributed by atoms with Crippen LogP contribution in [0.2, 0.25) is 0 Å². The lowest BCUT2D eigenvalue weighted by Gasteiger charge is -2.24. The molecule has 4 nitrogen and oxygen atoms in total. The van der Waals surface area contributed by atoms with E-state index >= 15 is 0 Å². The molecule has 114 valence electrons. The third-order valence-corrected chi connectivity index (χ3v) is 6.53. The molecule has 4 fully saturated rings. The number of likely N-dealkylation sites (tertiary alicyclic amines) is 4. The van der Waals surface area contributed by atoms with Gasteiger partial charge in [0.15, 0.2) is 0 Å². The van der Waals surface area contributed by atoms with Crippen molar-refractivity contribution in [2.24, 2.45) is 11.8 Å². The molecule has 0 aromatic carbocycles. The van der Waals surface area contributed by atoms with Gasteiger partial charge in [0.2, 0.25) is 0 Å². The van der Waals surface area contributed by atoms with Gasteiger partial charge in [0.05, 0.1) is 0 Å². The summed E-state index contributed by atoms with van der Waals surface area (Å²) in [6.07, 6.45) is 2.85. The zero-order chi connectivity index (χ0) is 13.7. The lowest BCUT2D eigenvalue weighted by molar-refractivity contribution is 0.212. The molecule has 0 N–H and O–H groups in total. The normalized spacial score (nSPS) is 43.5. The van der Waals surface area contributed by atoms with Gasteiger partial charge in [-0.25, -0.2) is 0 Å². The number of likely N-dealkylation sites (N-methyl/N-ethyl adjacent to an activating group) is 2. The standard InChI is InChI=1S/C16H30N4/c1-17-5-3-13-9-19(11-15(13)17)7-8-20-10-14-4-6-18(2)16(14)12-20/h13-16H,3-12H2,1-2H3/t13-,14+,15+,16-. The van der Waals surface area contributed by atoms with E-state index in [1.807, 2.05) is 0 Å². The molecule has 0 bridgehead atoms. The Morgan fingerprint density at radius 2 is 1.15 bits per heavy atom. The predicted octanol–water partition coefficient (Wildman–Crippen LogP) is 0.258. The third-order valence-electron chi connectivity index (χ3n) is 6.53. The molecule has 4 atom stereocenters. The molecule has 0 aromatic rings. The number of fused-ring (bicyclic) bond motifs is 2. The molecule has 0 aliphatic carbocycles. The molecule has 4 rings (SSSR count). The predicted molar refractivity (Wildman–Crippen MR) is 81.9 cm³/mol. The quantitative estimate of drug-likeness (QED) is 0.734. The Labute approximate surface area is 123 Å². The summed E-state index contributed by atoms with van der Waals surface area (Å²) in [5.41, 5.74) is 0. The maximum atomic E-state index is 2.73. The van der Waals surface area contributed by atoms with Crippen LogP contribution in [0, 0.1) is 11.8 Å². The second kappa shape index (κ2) is 5.24. The SMILES string of the molecule is CN1CC[C@H]2CN(CCN3C[C@H]4CCN(C)[C@H]4C3)C[C@H]21. The van der Waals surface area contributed by atoms with Crippen LogP contribution < -0.4 is 0 Å². The molecule has 0 spiro atoms. The zero-order valence-electron chi connectivity index (χ0n) is 13.2. The minimum Gasteiger partial charge on any atom is -0.302 e. The molecule has 0 saturated carbocycles. The van der Waals surface area contributed by atoms with Crippen LogP contribution in [0.15, 0.2) is 0 Å². The monoisotopic (exact) mass is 278 g/mol. The molecule has 0 radical (unpaired) electrons. The Bertz CT molecular complexity index is 326. The summed E-state index contributed by atoms with van der Waals surface area (Å²) in [4.78, 5) is 10.6. The van der Waals surface area contributed by atoms with Crippen molar-refractivity contribution in [3.05, 3.63) is 0 Å². The molecule has 0 amide bonds. The topological polar surface area (TPSA) is 13.0 Å². The lowest BCUT2D eigenvalue weighted by Crippen LogP contribution is -2.38. The van der Waals surface area contributed by atoms with Crippen molar-refractivity contribution in [1.82, 2.24) is 19.6 Å². The van der Waals surface area contributed by atoms with Crippen molar-refractivity contribution in [2.45, 2.75) is 24.9 Å². The fraction of sp³-hybridized carbons (Fsp3) is 1.00. The van der Waals surface area contributed by atoms with Crippen molar-refractivity contribution in [2.75, 3.05) is 66.5 Å². The first-order chi connectivity index (χ1) is 9.70. The minimum atomic E-state index is 0.860. The van der Waals surface area contributed by atoms with Gasteiger partial charge in [-0.3, -0.25) is 0 Å². The summed E-state index contributed by atoms with van der Waals surface area (Å²) < 4.78 is 0. The fourth-order valence-electron chi connectivity index (χ4n) is 5.17. The van der Waals surface area contributed by atoms with Gasteiger partial charge in [0.25, 0.3) is 0 Å². The van der Waals surface area contributed by atoms with Crippen molar-refractivity contribution < 1.29 is 0 Å². The summed E-state index contributed by atoms with van der Waals surface area (Å²) in [5, 5.41) is 0. The van der Waals surface area contributed by atoms with E-state index in [0.29, 0.717) is 0 Å². The van der Waals surface area contributed by atoms with Crippen LogP contribution in [0.4, 0.5) is 0 Å². The molecule has 0 aromatic heterocycles. The third kappa shape index (κ3) is 2.31. The van der Waals surface area contributed by atoms with Gasteiger partial charge in [0.1, 0.15) is 0 Å². The summed E-state index contributed by atoms with van der Waals surface area (Å²) in [5.74, 6) is 1.92. The molecule has 4 aliphatic rings. The van der Waals surface area contributed by atoms with Crippen molar-refractivity contribution >= 4 is 0 Å². The minimum absolute atomic E-state index is 0.860. The Hall–Kier alpha value is -0.160. The van der Waals surface area contributed by atoms with Crippen molar-refractivity contribution in [3.8, 4) is 0 Å². The number of rotatable bonds is 3. The maximum absolute atomic E-state index is 2.73. The van der Waals surface area contributed by atoms with Gasteiger partial charge < -0.3 is 19.6 Å². The smallest absolute Gasteiger partial charge is 0.0261 e. The van der Waals surface area contributed by atoms with Crippen LogP contribution in [-0.2, 0) is 0 Å². The molecule has 4 saturated heterocycles. The van der Waals surface area contributed by atoms with E-state index in [0.717, 1.165) is 23.9 Å². The Morgan fingerprint density at radius 3 is 1.55 bits per heavy atom. The van der Waals surface area contributed by atoms with Gasteiger partial charge in [-0.15, -0.1) is 0 Å². The van der Waals surface area contributed by atoms with Crippen LogP contribution in [0.3, 0.4) is 0 Å².